The predicted octanol–water partition coefficient (Wildman–Crippen LogP) is 3.08. The zero-order chi connectivity index (χ0) is 11.7. The van der Waals surface area contributed by atoms with E-state index in [-0.39, 0.29) is 0 Å². The van der Waals surface area contributed by atoms with Crippen LogP contribution in [-0.2, 0) is 0 Å². The van der Waals surface area contributed by atoms with E-state index >= 15 is 0 Å². The molecule has 3 heteroatoms. The number of hydrogen-bond acceptors (Lipinski definition) is 3. The zero-order valence-corrected chi connectivity index (χ0v) is 10.7. The SMILES string of the molecule is NCC1CCCN(c2cccc3ccsc23)C1. The second-order valence-electron chi connectivity index (χ2n) is 4.81. The van der Waals surface area contributed by atoms with Crippen molar-refractivity contribution < 1.29 is 0 Å². The first kappa shape index (κ1) is 11.1. The maximum absolute atomic E-state index is 5.81. The monoisotopic (exact) mass is 246 g/mol. The summed E-state index contributed by atoms with van der Waals surface area (Å²) in [5, 5.41) is 3.54. The van der Waals surface area contributed by atoms with Crippen LogP contribution in [0.25, 0.3) is 10.1 Å². The summed E-state index contributed by atoms with van der Waals surface area (Å²) in [4.78, 5) is 2.51. The highest BCUT2D eigenvalue weighted by molar-refractivity contribution is 7.17. The molecule has 3 rings (SSSR count). The Kier molecular flexibility index (Phi) is 3.04. The third-order valence-corrected chi connectivity index (χ3v) is 4.60. The van der Waals surface area contributed by atoms with Crippen molar-refractivity contribution >= 4 is 27.1 Å². The van der Waals surface area contributed by atoms with Crippen molar-refractivity contribution in [3.05, 3.63) is 29.6 Å². The molecule has 1 unspecified atom stereocenters. The van der Waals surface area contributed by atoms with Crippen molar-refractivity contribution in [3.63, 3.8) is 0 Å². The highest BCUT2D eigenvalue weighted by atomic mass is 32.1. The Morgan fingerprint density at radius 3 is 3.18 bits per heavy atom. The lowest BCUT2D eigenvalue weighted by Gasteiger charge is -2.34. The molecule has 2 N–H and O–H groups in total. The molecule has 1 aliphatic heterocycles. The average Bonchev–Trinajstić information content (AvgIpc) is 2.87. The molecule has 0 saturated carbocycles. The van der Waals surface area contributed by atoms with Crippen LogP contribution in [0.5, 0.6) is 0 Å². The fourth-order valence-corrected chi connectivity index (χ4v) is 3.64. The minimum Gasteiger partial charge on any atom is -0.370 e. The van der Waals surface area contributed by atoms with Gasteiger partial charge in [0.1, 0.15) is 0 Å². The molecular weight excluding hydrogens is 228 g/mol. The summed E-state index contributed by atoms with van der Waals surface area (Å²) in [7, 11) is 0. The molecule has 2 heterocycles. The number of hydrogen-bond donors (Lipinski definition) is 1. The summed E-state index contributed by atoms with van der Waals surface area (Å²) in [5.74, 6) is 0.666. The van der Waals surface area contributed by atoms with Crippen molar-refractivity contribution in [3.8, 4) is 0 Å². The standard InChI is InChI=1S/C14H18N2S/c15-9-11-3-2-7-16(10-11)13-5-1-4-12-6-8-17-14(12)13/h1,4-6,8,11H,2-3,7,9-10,15H2. The minimum atomic E-state index is 0.666. The van der Waals surface area contributed by atoms with E-state index in [4.69, 9.17) is 5.73 Å². The molecule has 1 aromatic carbocycles. The molecule has 17 heavy (non-hydrogen) atoms. The van der Waals surface area contributed by atoms with Crippen molar-refractivity contribution in [1.29, 1.82) is 0 Å². The summed E-state index contributed by atoms with van der Waals surface area (Å²) < 4.78 is 1.42. The number of nitrogens with zero attached hydrogens (tertiary/aromatic N) is 1. The largest absolute Gasteiger partial charge is 0.370 e. The normalized spacial score (nSPS) is 21.0. The van der Waals surface area contributed by atoms with Gasteiger partial charge in [-0.1, -0.05) is 12.1 Å². The van der Waals surface area contributed by atoms with Gasteiger partial charge >= 0.3 is 0 Å². The van der Waals surface area contributed by atoms with E-state index < -0.39 is 0 Å². The maximum Gasteiger partial charge on any atom is 0.0576 e. The van der Waals surface area contributed by atoms with E-state index in [1.165, 1.54) is 35.2 Å². The Labute approximate surface area is 106 Å². The third kappa shape index (κ3) is 2.05. The van der Waals surface area contributed by atoms with Gasteiger partial charge in [0, 0.05) is 13.1 Å². The van der Waals surface area contributed by atoms with E-state index in [0.717, 1.165) is 13.1 Å². The lowest BCUT2D eigenvalue weighted by Crippen LogP contribution is -2.38. The lowest BCUT2D eigenvalue weighted by atomic mass is 9.98. The molecule has 0 bridgehead atoms. The fraction of sp³-hybridized carbons (Fsp3) is 0.429. The zero-order valence-electron chi connectivity index (χ0n) is 9.93. The molecule has 2 nitrogen and oxygen atoms in total. The number of thiophene rings is 1. The first-order valence-electron chi connectivity index (χ1n) is 6.29. The van der Waals surface area contributed by atoms with Gasteiger partial charge in [-0.05, 0) is 48.2 Å². The van der Waals surface area contributed by atoms with Gasteiger partial charge in [-0.3, -0.25) is 0 Å². The highest BCUT2D eigenvalue weighted by Gasteiger charge is 2.20. The van der Waals surface area contributed by atoms with Crippen LogP contribution in [0.1, 0.15) is 12.8 Å². The van der Waals surface area contributed by atoms with Gasteiger partial charge in [0.25, 0.3) is 0 Å². The second-order valence-corrected chi connectivity index (χ2v) is 5.72. The molecule has 0 spiro atoms. The molecule has 90 valence electrons. The molecule has 0 radical (unpaired) electrons. The summed E-state index contributed by atoms with van der Waals surface area (Å²) in [5.41, 5.74) is 7.21. The first-order valence-corrected chi connectivity index (χ1v) is 7.17. The van der Waals surface area contributed by atoms with Crippen LogP contribution in [0.2, 0.25) is 0 Å². The molecule has 0 aliphatic carbocycles. The molecule has 1 fully saturated rings. The third-order valence-electron chi connectivity index (χ3n) is 3.65. The van der Waals surface area contributed by atoms with E-state index in [1.807, 2.05) is 11.3 Å². The van der Waals surface area contributed by atoms with E-state index in [0.29, 0.717) is 5.92 Å². The van der Waals surface area contributed by atoms with Crippen LogP contribution >= 0.6 is 11.3 Å². The first-order chi connectivity index (χ1) is 8.38. The van der Waals surface area contributed by atoms with E-state index in [9.17, 15) is 0 Å². The topological polar surface area (TPSA) is 29.3 Å². The van der Waals surface area contributed by atoms with Crippen LogP contribution in [0.4, 0.5) is 5.69 Å². The molecule has 1 aliphatic rings. The van der Waals surface area contributed by atoms with Gasteiger partial charge in [0.2, 0.25) is 0 Å². The molecule has 1 aromatic heterocycles. The number of fused-ring (bicyclic) bond motifs is 1. The molecular formula is C14H18N2S. The number of rotatable bonds is 2. The summed E-state index contributed by atoms with van der Waals surface area (Å²) in [6.45, 7) is 3.11. The van der Waals surface area contributed by atoms with Crippen LogP contribution in [0, 0.1) is 5.92 Å². The Balaban J connectivity index is 1.94. The van der Waals surface area contributed by atoms with E-state index in [2.05, 4.69) is 34.5 Å². The Bertz CT molecular complexity index is 506. The van der Waals surface area contributed by atoms with Gasteiger partial charge in [0.15, 0.2) is 0 Å². The average molecular weight is 246 g/mol. The van der Waals surface area contributed by atoms with Crippen LogP contribution in [0.3, 0.4) is 0 Å². The summed E-state index contributed by atoms with van der Waals surface area (Å²) in [6, 6.07) is 8.81. The number of piperidine rings is 1. The van der Waals surface area contributed by atoms with Crippen LogP contribution in [-0.4, -0.2) is 19.6 Å². The summed E-state index contributed by atoms with van der Waals surface area (Å²) >= 11 is 1.84. The quantitative estimate of drug-likeness (QED) is 0.882. The van der Waals surface area contributed by atoms with Crippen molar-refractivity contribution in [1.82, 2.24) is 0 Å². The van der Waals surface area contributed by atoms with Crippen LogP contribution < -0.4 is 10.6 Å². The summed E-state index contributed by atoms with van der Waals surface area (Å²) in [6.07, 6.45) is 2.55. The van der Waals surface area contributed by atoms with Crippen LogP contribution in [0.15, 0.2) is 29.6 Å². The van der Waals surface area contributed by atoms with Gasteiger partial charge in [-0.2, -0.15) is 0 Å². The van der Waals surface area contributed by atoms with Crippen molar-refractivity contribution in [2.75, 3.05) is 24.5 Å². The molecule has 1 atom stereocenters. The Morgan fingerprint density at radius 2 is 2.29 bits per heavy atom. The highest BCUT2D eigenvalue weighted by Crippen LogP contribution is 2.33. The lowest BCUT2D eigenvalue weighted by molar-refractivity contribution is 0.424. The van der Waals surface area contributed by atoms with Crippen molar-refractivity contribution in [2.24, 2.45) is 11.7 Å². The molecule has 1 saturated heterocycles. The fourth-order valence-electron chi connectivity index (χ4n) is 2.70. The van der Waals surface area contributed by atoms with Crippen molar-refractivity contribution in [2.45, 2.75) is 12.8 Å². The predicted molar refractivity (Wildman–Crippen MR) is 75.8 cm³/mol. The second kappa shape index (κ2) is 4.67. The molecule has 0 amide bonds. The smallest absolute Gasteiger partial charge is 0.0576 e. The Morgan fingerprint density at radius 1 is 1.35 bits per heavy atom. The van der Waals surface area contributed by atoms with Gasteiger partial charge in [-0.25, -0.2) is 0 Å². The maximum atomic E-state index is 5.81. The molecule has 2 aromatic rings. The Hall–Kier alpha value is -1.06. The number of benzene rings is 1. The van der Waals surface area contributed by atoms with Gasteiger partial charge in [-0.15, -0.1) is 11.3 Å². The van der Waals surface area contributed by atoms with E-state index in [1.54, 1.807) is 0 Å². The van der Waals surface area contributed by atoms with Gasteiger partial charge in [0.05, 0.1) is 10.4 Å². The number of nitrogens with two attached hydrogens (primary N) is 1. The number of anilines is 1. The van der Waals surface area contributed by atoms with Gasteiger partial charge < -0.3 is 10.6 Å². The minimum absolute atomic E-state index is 0.666.